The standard InChI is InChI=1S/C19H12N4O2/c24-19-16-6-3-9-23(16)15-8-7-12(10-17(15)25-19)21-18-11-20-13-4-1-2-5-14(13)22-18/h1-11H,(H,21,22). The number of anilines is 2. The van der Waals surface area contributed by atoms with Crippen LogP contribution in [0.4, 0.5) is 11.5 Å². The molecule has 0 saturated carbocycles. The Morgan fingerprint density at radius 1 is 0.960 bits per heavy atom. The molecule has 120 valence electrons. The van der Waals surface area contributed by atoms with Crippen LogP contribution in [0, 0.1) is 0 Å². The van der Waals surface area contributed by atoms with Crippen molar-refractivity contribution in [3.63, 3.8) is 0 Å². The van der Waals surface area contributed by atoms with Gasteiger partial charge < -0.3 is 14.1 Å². The van der Waals surface area contributed by atoms with Crippen LogP contribution < -0.4 is 10.9 Å². The summed E-state index contributed by atoms with van der Waals surface area (Å²) >= 11 is 0. The van der Waals surface area contributed by atoms with Gasteiger partial charge in [-0.25, -0.2) is 9.78 Å². The number of fused-ring (bicyclic) bond motifs is 4. The summed E-state index contributed by atoms with van der Waals surface area (Å²) in [6.07, 6.45) is 3.52. The summed E-state index contributed by atoms with van der Waals surface area (Å²) in [5, 5.41) is 3.20. The van der Waals surface area contributed by atoms with E-state index in [1.807, 2.05) is 53.1 Å². The second-order valence-corrected chi connectivity index (χ2v) is 5.70. The number of nitrogens with one attached hydrogen (secondary N) is 1. The molecule has 6 nitrogen and oxygen atoms in total. The van der Waals surface area contributed by atoms with Crippen LogP contribution in [0.25, 0.3) is 27.6 Å². The minimum absolute atomic E-state index is 0.361. The molecule has 6 heteroatoms. The van der Waals surface area contributed by atoms with E-state index in [0.29, 0.717) is 16.9 Å². The van der Waals surface area contributed by atoms with Crippen molar-refractivity contribution in [2.75, 3.05) is 5.32 Å². The molecule has 5 rings (SSSR count). The summed E-state index contributed by atoms with van der Waals surface area (Å²) in [4.78, 5) is 21.0. The maximum Gasteiger partial charge on any atom is 0.360 e. The Morgan fingerprint density at radius 3 is 2.76 bits per heavy atom. The average molecular weight is 328 g/mol. The number of benzene rings is 2. The molecular weight excluding hydrogens is 316 g/mol. The normalized spacial score (nSPS) is 11.4. The van der Waals surface area contributed by atoms with Crippen molar-refractivity contribution >= 4 is 39.2 Å². The molecular formula is C19H12N4O2. The third kappa shape index (κ3) is 2.23. The fourth-order valence-electron chi connectivity index (χ4n) is 2.95. The van der Waals surface area contributed by atoms with E-state index in [1.165, 1.54) is 0 Å². The first-order chi connectivity index (χ1) is 12.3. The van der Waals surface area contributed by atoms with Crippen molar-refractivity contribution in [3.8, 4) is 0 Å². The minimum Gasteiger partial charge on any atom is -0.420 e. The number of hydrogen-bond donors (Lipinski definition) is 1. The lowest BCUT2D eigenvalue weighted by atomic mass is 10.2. The monoisotopic (exact) mass is 328 g/mol. The molecule has 0 aliphatic carbocycles. The number of para-hydroxylation sites is 2. The predicted octanol–water partition coefficient (Wildman–Crippen LogP) is 3.73. The van der Waals surface area contributed by atoms with Gasteiger partial charge in [0.05, 0.1) is 22.7 Å². The van der Waals surface area contributed by atoms with Crippen LogP contribution >= 0.6 is 0 Å². The molecule has 25 heavy (non-hydrogen) atoms. The maximum absolute atomic E-state index is 12.0. The number of aromatic nitrogens is 3. The Bertz CT molecular complexity index is 1300. The van der Waals surface area contributed by atoms with Gasteiger partial charge in [-0.05, 0) is 36.4 Å². The van der Waals surface area contributed by atoms with Gasteiger partial charge in [0.25, 0.3) is 0 Å². The summed E-state index contributed by atoms with van der Waals surface area (Å²) in [6.45, 7) is 0. The fraction of sp³-hybridized carbons (Fsp3) is 0. The van der Waals surface area contributed by atoms with Crippen LogP contribution in [-0.4, -0.2) is 14.4 Å². The van der Waals surface area contributed by atoms with E-state index in [4.69, 9.17) is 4.42 Å². The third-order valence-electron chi connectivity index (χ3n) is 4.10. The number of nitrogens with zero attached hydrogens (tertiary/aromatic N) is 3. The number of hydrogen-bond acceptors (Lipinski definition) is 5. The van der Waals surface area contributed by atoms with E-state index in [2.05, 4.69) is 15.3 Å². The van der Waals surface area contributed by atoms with Crippen LogP contribution in [0.5, 0.6) is 0 Å². The highest BCUT2D eigenvalue weighted by molar-refractivity contribution is 5.81. The van der Waals surface area contributed by atoms with E-state index in [-0.39, 0.29) is 5.63 Å². The summed E-state index contributed by atoms with van der Waals surface area (Å²) in [6, 6.07) is 16.8. The van der Waals surface area contributed by atoms with Gasteiger partial charge in [0.2, 0.25) is 0 Å². The molecule has 0 fully saturated rings. The summed E-state index contributed by atoms with van der Waals surface area (Å²) in [7, 11) is 0. The molecule has 0 saturated heterocycles. The van der Waals surface area contributed by atoms with Crippen LogP contribution in [0.3, 0.4) is 0 Å². The second-order valence-electron chi connectivity index (χ2n) is 5.70. The summed E-state index contributed by atoms with van der Waals surface area (Å²) in [5.74, 6) is 0.627. The Kier molecular flexibility index (Phi) is 2.84. The first-order valence-electron chi connectivity index (χ1n) is 7.81. The van der Waals surface area contributed by atoms with Crippen LogP contribution in [0.1, 0.15) is 0 Å². The Balaban J connectivity index is 1.60. The van der Waals surface area contributed by atoms with Gasteiger partial charge in [0, 0.05) is 18.0 Å². The fourth-order valence-corrected chi connectivity index (χ4v) is 2.95. The van der Waals surface area contributed by atoms with E-state index in [0.717, 1.165) is 22.2 Å². The Labute approximate surface area is 141 Å². The maximum atomic E-state index is 12.0. The van der Waals surface area contributed by atoms with E-state index < -0.39 is 0 Å². The lowest BCUT2D eigenvalue weighted by Crippen LogP contribution is -2.04. The molecule has 5 aromatic rings. The van der Waals surface area contributed by atoms with E-state index >= 15 is 0 Å². The highest BCUT2D eigenvalue weighted by atomic mass is 16.4. The average Bonchev–Trinajstić information content (AvgIpc) is 3.12. The zero-order valence-electron chi connectivity index (χ0n) is 13.0. The van der Waals surface area contributed by atoms with Gasteiger partial charge in [-0.1, -0.05) is 12.1 Å². The van der Waals surface area contributed by atoms with Crippen molar-refractivity contribution < 1.29 is 4.42 Å². The highest BCUT2D eigenvalue weighted by Gasteiger charge is 2.08. The zero-order chi connectivity index (χ0) is 16.8. The van der Waals surface area contributed by atoms with E-state index in [1.54, 1.807) is 18.3 Å². The lowest BCUT2D eigenvalue weighted by molar-refractivity contribution is 0.562. The van der Waals surface area contributed by atoms with Crippen molar-refractivity contribution in [1.82, 2.24) is 14.4 Å². The molecule has 0 aliphatic heterocycles. The summed E-state index contributed by atoms with van der Waals surface area (Å²) in [5.41, 5.74) is 3.92. The molecule has 0 amide bonds. The molecule has 0 spiro atoms. The van der Waals surface area contributed by atoms with Crippen molar-refractivity contribution in [3.05, 3.63) is 77.4 Å². The van der Waals surface area contributed by atoms with Gasteiger partial charge in [0.15, 0.2) is 5.58 Å². The molecule has 2 aromatic carbocycles. The molecule has 0 atom stereocenters. The Hall–Kier alpha value is -3.67. The van der Waals surface area contributed by atoms with Crippen LogP contribution in [0.15, 0.2) is 76.2 Å². The second kappa shape index (κ2) is 5.17. The van der Waals surface area contributed by atoms with Gasteiger partial charge >= 0.3 is 5.63 Å². The molecule has 3 heterocycles. The van der Waals surface area contributed by atoms with Crippen LogP contribution in [0.2, 0.25) is 0 Å². The van der Waals surface area contributed by atoms with Gasteiger partial charge in [0.1, 0.15) is 11.3 Å². The molecule has 0 aliphatic rings. The van der Waals surface area contributed by atoms with Crippen molar-refractivity contribution in [1.29, 1.82) is 0 Å². The SMILES string of the molecule is O=c1oc2cc(Nc3cnc4ccccc4n3)ccc2n2cccc12. The molecule has 0 radical (unpaired) electrons. The molecule has 0 bridgehead atoms. The van der Waals surface area contributed by atoms with Crippen molar-refractivity contribution in [2.45, 2.75) is 0 Å². The molecule has 0 unspecified atom stereocenters. The first-order valence-corrected chi connectivity index (χ1v) is 7.81. The van der Waals surface area contributed by atoms with E-state index in [9.17, 15) is 4.79 Å². The van der Waals surface area contributed by atoms with Crippen molar-refractivity contribution in [2.24, 2.45) is 0 Å². The molecule has 1 N–H and O–H groups in total. The van der Waals surface area contributed by atoms with Gasteiger partial charge in [-0.3, -0.25) is 4.98 Å². The Morgan fingerprint density at radius 2 is 1.84 bits per heavy atom. The predicted molar refractivity (Wildman–Crippen MR) is 96.3 cm³/mol. The third-order valence-corrected chi connectivity index (χ3v) is 4.10. The largest absolute Gasteiger partial charge is 0.420 e. The van der Waals surface area contributed by atoms with Gasteiger partial charge in [-0.15, -0.1) is 0 Å². The van der Waals surface area contributed by atoms with Crippen LogP contribution in [-0.2, 0) is 0 Å². The quantitative estimate of drug-likeness (QED) is 0.534. The lowest BCUT2D eigenvalue weighted by Gasteiger charge is -2.08. The minimum atomic E-state index is -0.361. The molecule has 3 aromatic heterocycles. The highest BCUT2D eigenvalue weighted by Crippen LogP contribution is 2.22. The summed E-state index contributed by atoms with van der Waals surface area (Å²) < 4.78 is 7.25. The zero-order valence-corrected chi connectivity index (χ0v) is 13.0. The smallest absolute Gasteiger partial charge is 0.360 e. The van der Waals surface area contributed by atoms with Gasteiger partial charge in [-0.2, -0.15) is 0 Å². The number of rotatable bonds is 2. The topological polar surface area (TPSA) is 72.4 Å². The first kappa shape index (κ1) is 13.7.